The summed E-state index contributed by atoms with van der Waals surface area (Å²) < 4.78 is 12.0. The number of nitrogens with one attached hydrogen (secondary N) is 2. The topological polar surface area (TPSA) is 120 Å². The van der Waals surface area contributed by atoms with E-state index in [9.17, 15) is 19.5 Å². The second-order valence-electron chi connectivity index (χ2n) is 11.0. The van der Waals surface area contributed by atoms with Gasteiger partial charge in [0.25, 0.3) is 0 Å². The van der Waals surface area contributed by atoms with E-state index in [1.54, 1.807) is 4.90 Å². The van der Waals surface area contributed by atoms with E-state index >= 15 is 0 Å². The number of aliphatic hydroxyl groups excluding tert-OH is 1. The van der Waals surface area contributed by atoms with Crippen LogP contribution in [-0.2, 0) is 23.9 Å². The molecule has 198 valence electrons. The molecule has 2 unspecified atom stereocenters. The molecular weight excluding hydrogens is 452 g/mol. The predicted molar refractivity (Wildman–Crippen MR) is 128 cm³/mol. The number of hydrogen-bond donors (Lipinski definition) is 3. The summed E-state index contributed by atoms with van der Waals surface area (Å²) in [5, 5.41) is 16.2. The average Bonchev–Trinajstić information content (AvgIpc) is 3.39. The number of fused-ring (bicyclic) bond motifs is 1. The van der Waals surface area contributed by atoms with Gasteiger partial charge >= 0.3 is 0 Å². The molecule has 4 fully saturated rings. The number of rotatable bonds is 10. The number of likely N-dealkylation sites (tertiary alicyclic amines) is 1. The summed E-state index contributed by atoms with van der Waals surface area (Å²) in [6, 6.07) is -1.41. The number of ether oxygens (including phenoxy) is 2. The SMILES string of the molecule is CCCNC(=O)[C@H]1[C@H]2C(=O)N([C@@H](CO)C(C)C)C(C(=O)NCCN3CCOCC3)C23CC[C@]1(C)O3. The molecule has 0 aliphatic carbocycles. The van der Waals surface area contributed by atoms with E-state index in [1.165, 1.54) is 0 Å². The molecule has 4 rings (SSSR count). The van der Waals surface area contributed by atoms with Crippen molar-refractivity contribution in [2.75, 3.05) is 52.5 Å². The average molecular weight is 495 g/mol. The van der Waals surface area contributed by atoms with Gasteiger partial charge in [-0.3, -0.25) is 19.3 Å². The Kier molecular flexibility index (Phi) is 7.76. The zero-order valence-electron chi connectivity index (χ0n) is 21.5. The number of carbonyl (C=O) groups excluding carboxylic acids is 3. The summed E-state index contributed by atoms with van der Waals surface area (Å²) in [6.45, 7) is 12.2. The minimum Gasteiger partial charge on any atom is -0.394 e. The smallest absolute Gasteiger partial charge is 0.245 e. The van der Waals surface area contributed by atoms with E-state index in [1.807, 2.05) is 27.7 Å². The standard InChI is InChI=1S/C25H42N4O6/c1-5-8-26-21(31)18-19-23(33)29(17(15-30)16(2)3)20(25(19)7-6-24(18,4)35-25)22(32)27-9-10-28-11-13-34-14-12-28/h16-20,30H,5-15H2,1-4H3,(H,26,31)(H,27,32)/t17-,18+,19-,20?,24-,25?/m0/s1. The molecule has 35 heavy (non-hydrogen) atoms. The van der Waals surface area contributed by atoms with Crippen molar-refractivity contribution in [1.82, 2.24) is 20.4 Å². The van der Waals surface area contributed by atoms with Gasteiger partial charge in [-0.15, -0.1) is 0 Å². The van der Waals surface area contributed by atoms with E-state index in [-0.39, 0.29) is 30.2 Å². The molecule has 0 aromatic heterocycles. The van der Waals surface area contributed by atoms with Crippen LogP contribution in [0.3, 0.4) is 0 Å². The monoisotopic (exact) mass is 494 g/mol. The van der Waals surface area contributed by atoms with Crippen molar-refractivity contribution in [2.45, 2.75) is 70.2 Å². The maximum atomic E-state index is 14.0. The Labute approximate surface area is 208 Å². The fraction of sp³-hybridized carbons (Fsp3) is 0.880. The third-order valence-corrected chi connectivity index (χ3v) is 8.44. The van der Waals surface area contributed by atoms with Crippen LogP contribution in [0.1, 0.15) is 47.0 Å². The van der Waals surface area contributed by atoms with Gasteiger partial charge in [0.1, 0.15) is 11.6 Å². The Morgan fingerprint density at radius 1 is 1.14 bits per heavy atom. The van der Waals surface area contributed by atoms with Crippen LogP contribution in [0.2, 0.25) is 0 Å². The first-order valence-electron chi connectivity index (χ1n) is 13.2. The van der Waals surface area contributed by atoms with Crippen LogP contribution in [0.25, 0.3) is 0 Å². The zero-order chi connectivity index (χ0) is 25.4. The van der Waals surface area contributed by atoms with Crippen molar-refractivity contribution in [3.63, 3.8) is 0 Å². The molecule has 4 heterocycles. The number of nitrogens with zero attached hydrogens (tertiary/aromatic N) is 2. The quantitative estimate of drug-likeness (QED) is 0.383. The summed E-state index contributed by atoms with van der Waals surface area (Å²) in [7, 11) is 0. The molecule has 0 radical (unpaired) electrons. The first kappa shape index (κ1) is 26.3. The van der Waals surface area contributed by atoms with Gasteiger partial charge < -0.3 is 30.1 Å². The van der Waals surface area contributed by atoms with Gasteiger partial charge in [-0.05, 0) is 32.1 Å². The molecule has 0 aromatic rings. The lowest BCUT2D eigenvalue weighted by molar-refractivity contribution is -0.150. The fourth-order valence-electron chi connectivity index (χ4n) is 6.66. The van der Waals surface area contributed by atoms with Crippen molar-refractivity contribution in [3.8, 4) is 0 Å². The van der Waals surface area contributed by atoms with E-state index in [0.29, 0.717) is 45.7 Å². The number of amides is 3. The Morgan fingerprint density at radius 3 is 2.46 bits per heavy atom. The van der Waals surface area contributed by atoms with Crippen molar-refractivity contribution in [1.29, 1.82) is 0 Å². The summed E-state index contributed by atoms with van der Waals surface area (Å²) >= 11 is 0. The van der Waals surface area contributed by atoms with Gasteiger partial charge in [-0.1, -0.05) is 20.8 Å². The van der Waals surface area contributed by atoms with Gasteiger partial charge in [-0.2, -0.15) is 0 Å². The highest BCUT2D eigenvalue weighted by atomic mass is 16.5. The van der Waals surface area contributed by atoms with Crippen LogP contribution >= 0.6 is 0 Å². The van der Waals surface area contributed by atoms with Gasteiger partial charge in [0, 0.05) is 32.7 Å². The molecule has 0 saturated carbocycles. The molecule has 10 nitrogen and oxygen atoms in total. The maximum Gasteiger partial charge on any atom is 0.245 e. The maximum absolute atomic E-state index is 14.0. The zero-order valence-corrected chi connectivity index (χ0v) is 21.5. The molecule has 4 aliphatic rings. The number of hydrogen-bond acceptors (Lipinski definition) is 7. The molecule has 3 amide bonds. The Bertz CT molecular complexity index is 818. The van der Waals surface area contributed by atoms with Crippen LogP contribution < -0.4 is 10.6 Å². The highest BCUT2D eigenvalue weighted by Crippen LogP contribution is 2.63. The molecule has 4 saturated heterocycles. The van der Waals surface area contributed by atoms with Crippen LogP contribution in [0.4, 0.5) is 0 Å². The van der Waals surface area contributed by atoms with Crippen LogP contribution in [0.15, 0.2) is 0 Å². The lowest BCUT2D eigenvalue weighted by atomic mass is 9.66. The van der Waals surface area contributed by atoms with Crippen LogP contribution in [0, 0.1) is 17.8 Å². The summed E-state index contributed by atoms with van der Waals surface area (Å²) in [4.78, 5) is 44.8. The van der Waals surface area contributed by atoms with E-state index < -0.39 is 35.1 Å². The van der Waals surface area contributed by atoms with Crippen LogP contribution in [-0.4, -0.2) is 108 Å². The number of carbonyl (C=O) groups is 3. The largest absolute Gasteiger partial charge is 0.394 e. The minimum absolute atomic E-state index is 0.0667. The molecule has 2 bridgehead atoms. The Hall–Kier alpha value is -1.75. The lowest BCUT2D eigenvalue weighted by Crippen LogP contribution is -2.59. The van der Waals surface area contributed by atoms with Crippen molar-refractivity contribution in [2.24, 2.45) is 17.8 Å². The molecule has 3 N–H and O–H groups in total. The second-order valence-corrected chi connectivity index (χ2v) is 11.0. The molecule has 1 spiro atoms. The number of aliphatic hydroxyl groups is 1. The third-order valence-electron chi connectivity index (χ3n) is 8.44. The minimum atomic E-state index is -1.06. The Morgan fingerprint density at radius 2 is 1.83 bits per heavy atom. The van der Waals surface area contributed by atoms with E-state index in [4.69, 9.17) is 9.47 Å². The normalized spacial score (nSPS) is 35.4. The lowest BCUT2D eigenvalue weighted by Gasteiger charge is -2.38. The van der Waals surface area contributed by atoms with Gasteiger partial charge in [0.2, 0.25) is 17.7 Å². The van der Waals surface area contributed by atoms with Crippen molar-refractivity contribution >= 4 is 17.7 Å². The molecular formula is C25H42N4O6. The van der Waals surface area contributed by atoms with Gasteiger partial charge in [-0.25, -0.2) is 0 Å². The van der Waals surface area contributed by atoms with Crippen molar-refractivity contribution < 1.29 is 29.0 Å². The fourth-order valence-corrected chi connectivity index (χ4v) is 6.66. The van der Waals surface area contributed by atoms with E-state index in [2.05, 4.69) is 15.5 Å². The van der Waals surface area contributed by atoms with Gasteiger partial charge in [0.15, 0.2) is 0 Å². The van der Waals surface area contributed by atoms with Gasteiger partial charge in [0.05, 0.1) is 43.3 Å². The molecule has 4 aliphatic heterocycles. The number of morpholine rings is 1. The molecule has 0 aromatic carbocycles. The first-order chi connectivity index (χ1) is 16.7. The summed E-state index contributed by atoms with van der Waals surface area (Å²) in [5.41, 5.74) is -1.85. The second kappa shape index (κ2) is 10.3. The highest BCUT2D eigenvalue weighted by molar-refractivity contribution is 5.99. The first-order valence-corrected chi connectivity index (χ1v) is 13.2. The Balaban J connectivity index is 1.61. The highest BCUT2D eigenvalue weighted by Gasteiger charge is 2.78. The predicted octanol–water partition coefficient (Wildman–Crippen LogP) is -0.257. The van der Waals surface area contributed by atoms with Crippen molar-refractivity contribution in [3.05, 3.63) is 0 Å². The molecule has 10 heteroatoms. The third kappa shape index (κ3) is 4.47. The summed E-state index contributed by atoms with van der Waals surface area (Å²) in [5.74, 6) is -2.18. The molecule has 6 atom stereocenters. The summed E-state index contributed by atoms with van der Waals surface area (Å²) in [6.07, 6.45) is 1.93. The van der Waals surface area contributed by atoms with E-state index in [0.717, 1.165) is 19.5 Å². The van der Waals surface area contributed by atoms with Crippen LogP contribution in [0.5, 0.6) is 0 Å².